The highest BCUT2D eigenvalue weighted by molar-refractivity contribution is 6.01. The first kappa shape index (κ1) is 17.6. The lowest BCUT2D eigenvalue weighted by atomic mass is 10.1. The van der Waals surface area contributed by atoms with Crippen LogP contribution in [0.2, 0.25) is 0 Å². The van der Waals surface area contributed by atoms with Gasteiger partial charge in [0.2, 0.25) is 0 Å². The second-order valence-electron chi connectivity index (χ2n) is 6.99. The Morgan fingerprint density at radius 1 is 1.00 bits per heavy atom. The maximum atomic E-state index is 13.3. The first-order valence-corrected chi connectivity index (χ1v) is 9.47. The number of carbonyl (C=O) groups is 1. The summed E-state index contributed by atoms with van der Waals surface area (Å²) >= 11 is 0. The van der Waals surface area contributed by atoms with E-state index in [4.69, 9.17) is 0 Å². The van der Waals surface area contributed by atoms with E-state index in [0.29, 0.717) is 13.1 Å². The monoisotopic (exact) mass is 365 g/mol. The van der Waals surface area contributed by atoms with Gasteiger partial charge in [0.25, 0.3) is 5.91 Å². The molecule has 1 aliphatic rings. The average Bonchev–Trinajstić information content (AvgIpc) is 3.00. The molecule has 5 heteroatoms. The first-order valence-electron chi connectivity index (χ1n) is 9.47. The lowest BCUT2D eigenvalue weighted by molar-refractivity contribution is 0.0736. The van der Waals surface area contributed by atoms with Gasteiger partial charge in [0.05, 0.1) is 0 Å². The van der Waals surface area contributed by atoms with E-state index in [1.165, 1.54) is 12.1 Å². The molecule has 0 unspecified atom stereocenters. The van der Waals surface area contributed by atoms with Gasteiger partial charge in [0.1, 0.15) is 11.5 Å². The largest absolute Gasteiger partial charge is 0.368 e. The summed E-state index contributed by atoms with van der Waals surface area (Å²) in [6, 6.07) is 14.8. The molecule has 0 atom stereocenters. The van der Waals surface area contributed by atoms with E-state index in [-0.39, 0.29) is 11.7 Å². The average molecular weight is 365 g/mol. The molecular weight excluding hydrogens is 341 g/mol. The molecule has 140 valence electrons. The number of para-hydroxylation sites is 1. The Balaban J connectivity index is 1.56. The SMILES string of the molecule is CCn1c(C(=O)N2CCN(c3ccc(F)cc3)CC2)c(C)c2ccccc21. The van der Waals surface area contributed by atoms with Gasteiger partial charge in [-0.25, -0.2) is 4.39 Å². The summed E-state index contributed by atoms with van der Waals surface area (Å²) in [7, 11) is 0. The molecule has 3 aromatic rings. The topological polar surface area (TPSA) is 28.5 Å². The number of hydrogen-bond donors (Lipinski definition) is 0. The van der Waals surface area contributed by atoms with Crippen molar-refractivity contribution in [1.82, 2.24) is 9.47 Å². The van der Waals surface area contributed by atoms with E-state index in [2.05, 4.69) is 28.5 Å². The van der Waals surface area contributed by atoms with Gasteiger partial charge in [-0.05, 0) is 49.7 Å². The fourth-order valence-corrected chi connectivity index (χ4v) is 4.05. The predicted octanol–water partition coefficient (Wildman–Crippen LogP) is 4.07. The molecule has 1 aliphatic heterocycles. The summed E-state index contributed by atoms with van der Waals surface area (Å²) < 4.78 is 15.3. The van der Waals surface area contributed by atoms with Crippen molar-refractivity contribution in [2.75, 3.05) is 31.1 Å². The van der Waals surface area contributed by atoms with Crippen molar-refractivity contribution in [1.29, 1.82) is 0 Å². The Kier molecular flexibility index (Phi) is 4.60. The fourth-order valence-electron chi connectivity index (χ4n) is 4.05. The summed E-state index contributed by atoms with van der Waals surface area (Å²) in [5.74, 6) is -0.125. The summed E-state index contributed by atoms with van der Waals surface area (Å²) in [5, 5.41) is 1.15. The number of benzene rings is 2. The van der Waals surface area contributed by atoms with E-state index in [1.54, 1.807) is 12.1 Å². The van der Waals surface area contributed by atoms with Gasteiger partial charge in [-0.2, -0.15) is 0 Å². The molecule has 1 fully saturated rings. The van der Waals surface area contributed by atoms with E-state index >= 15 is 0 Å². The molecule has 1 aromatic heterocycles. The molecule has 2 aromatic carbocycles. The minimum atomic E-state index is -0.226. The van der Waals surface area contributed by atoms with E-state index in [1.807, 2.05) is 24.0 Å². The van der Waals surface area contributed by atoms with Crippen molar-refractivity contribution in [3.63, 3.8) is 0 Å². The lowest BCUT2D eigenvalue weighted by Crippen LogP contribution is -2.49. The van der Waals surface area contributed by atoms with Crippen molar-refractivity contribution >= 4 is 22.5 Å². The van der Waals surface area contributed by atoms with Crippen LogP contribution in [0.1, 0.15) is 23.0 Å². The van der Waals surface area contributed by atoms with Crippen LogP contribution in [0.4, 0.5) is 10.1 Å². The van der Waals surface area contributed by atoms with Crippen LogP contribution in [0.25, 0.3) is 10.9 Å². The summed E-state index contributed by atoms with van der Waals surface area (Å²) in [6.07, 6.45) is 0. The van der Waals surface area contributed by atoms with E-state index in [9.17, 15) is 9.18 Å². The predicted molar refractivity (Wildman–Crippen MR) is 107 cm³/mol. The van der Waals surface area contributed by atoms with Crippen LogP contribution in [0, 0.1) is 12.7 Å². The zero-order valence-electron chi connectivity index (χ0n) is 15.8. The highest BCUT2D eigenvalue weighted by Gasteiger charge is 2.27. The number of nitrogens with zero attached hydrogens (tertiary/aromatic N) is 3. The molecule has 0 saturated carbocycles. The van der Waals surface area contributed by atoms with E-state index in [0.717, 1.165) is 47.5 Å². The van der Waals surface area contributed by atoms with Crippen LogP contribution in [0.15, 0.2) is 48.5 Å². The Bertz CT molecular complexity index is 969. The number of amides is 1. The molecule has 0 N–H and O–H groups in total. The summed E-state index contributed by atoms with van der Waals surface area (Å²) in [4.78, 5) is 17.4. The van der Waals surface area contributed by atoms with Crippen molar-refractivity contribution in [3.8, 4) is 0 Å². The molecule has 4 nitrogen and oxygen atoms in total. The van der Waals surface area contributed by atoms with Gasteiger partial charge in [0.15, 0.2) is 0 Å². The third kappa shape index (κ3) is 3.07. The van der Waals surface area contributed by atoms with Crippen LogP contribution in [-0.2, 0) is 6.54 Å². The second-order valence-corrected chi connectivity index (χ2v) is 6.99. The van der Waals surface area contributed by atoms with Gasteiger partial charge < -0.3 is 14.4 Å². The van der Waals surface area contributed by atoms with Gasteiger partial charge in [-0.3, -0.25) is 4.79 Å². The number of aryl methyl sites for hydroxylation is 2. The number of aromatic nitrogens is 1. The number of fused-ring (bicyclic) bond motifs is 1. The lowest BCUT2D eigenvalue weighted by Gasteiger charge is -2.36. The fraction of sp³-hybridized carbons (Fsp3) is 0.318. The van der Waals surface area contributed by atoms with Gasteiger partial charge in [0, 0.05) is 49.3 Å². The quantitative estimate of drug-likeness (QED) is 0.700. The third-order valence-electron chi connectivity index (χ3n) is 5.50. The zero-order chi connectivity index (χ0) is 19.0. The minimum Gasteiger partial charge on any atom is -0.368 e. The van der Waals surface area contributed by atoms with Crippen molar-refractivity contribution in [3.05, 3.63) is 65.6 Å². The Labute approximate surface area is 158 Å². The third-order valence-corrected chi connectivity index (χ3v) is 5.50. The van der Waals surface area contributed by atoms with Crippen LogP contribution >= 0.6 is 0 Å². The summed E-state index contributed by atoms with van der Waals surface area (Å²) in [6.45, 7) is 7.73. The molecular formula is C22H24FN3O. The highest BCUT2D eigenvalue weighted by atomic mass is 19.1. The molecule has 4 rings (SSSR count). The maximum absolute atomic E-state index is 13.3. The smallest absolute Gasteiger partial charge is 0.270 e. The number of piperazine rings is 1. The molecule has 1 amide bonds. The van der Waals surface area contributed by atoms with Crippen molar-refractivity contribution in [2.24, 2.45) is 0 Å². The number of hydrogen-bond acceptors (Lipinski definition) is 2. The first-order chi connectivity index (χ1) is 13.1. The summed E-state index contributed by atoms with van der Waals surface area (Å²) in [5.41, 5.74) is 3.97. The molecule has 0 bridgehead atoms. The number of rotatable bonds is 3. The Morgan fingerprint density at radius 2 is 1.67 bits per heavy atom. The van der Waals surface area contributed by atoms with Crippen LogP contribution in [0.5, 0.6) is 0 Å². The Morgan fingerprint density at radius 3 is 2.33 bits per heavy atom. The highest BCUT2D eigenvalue weighted by Crippen LogP contribution is 2.27. The molecule has 0 radical (unpaired) electrons. The molecule has 1 saturated heterocycles. The standard InChI is InChI=1S/C22H24FN3O/c1-3-26-20-7-5-4-6-19(20)16(2)21(26)22(27)25-14-12-24(13-15-25)18-10-8-17(23)9-11-18/h4-11H,3,12-15H2,1-2H3. The van der Waals surface area contributed by atoms with E-state index < -0.39 is 0 Å². The minimum absolute atomic E-state index is 0.101. The number of anilines is 1. The number of carbonyl (C=O) groups excluding carboxylic acids is 1. The van der Waals surface area contributed by atoms with Gasteiger partial charge >= 0.3 is 0 Å². The normalized spacial score (nSPS) is 14.8. The molecule has 0 spiro atoms. The number of halogens is 1. The van der Waals surface area contributed by atoms with Crippen LogP contribution in [-0.4, -0.2) is 41.6 Å². The van der Waals surface area contributed by atoms with Crippen molar-refractivity contribution < 1.29 is 9.18 Å². The molecule has 2 heterocycles. The van der Waals surface area contributed by atoms with Crippen molar-refractivity contribution in [2.45, 2.75) is 20.4 Å². The maximum Gasteiger partial charge on any atom is 0.270 e. The molecule has 27 heavy (non-hydrogen) atoms. The zero-order valence-corrected chi connectivity index (χ0v) is 15.8. The second kappa shape index (κ2) is 7.06. The van der Waals surface area contributed by atoms with Crippen LogP contribution in [0.3, 0.4) is 0 Å². The van der Waals surface area contributed by atoms with Crippen LogP contribution < -0.4 is 4.90 Å². The van der Waals surface area contributed by atoms with Gasteiger partial charge in [-0.15, -0.1) is 0 Å². The Hall–Kier alpha value is -2.82. The molecule has 0 aliphatic carbocycles. The van der Waals surface area contributed by atoms with Gasteiger partial charge in [-0.1, -0.05) is 18.2 Å².